The first-order valence-corrected chi connectivity index (χ1v) is 39.3. The van der Waals surface area contributed by atoms with Gasteiger partial charge in [0.25, 0.3) is 0 Å². The van der Waals surface area contributed by atoms with Gasteiger partial charge in [0.05, 0.1) is 40.3 Å². The third kappa shape index (κ3) is 76.7. The lowest BCUT2D eigenvalue weighted by molar-refractivity contribution is -0.870. The summed E-state index contributed by atoms with van der Waals surface area (Å²) in [5, 5.41) is 11.9. The van der Waals surface area contributed by atoms with Crippen molar-refractivity contribution in [1.29, 1.82) is 0 Å². The summed E-state index contributed by atoms with van der Waals surface area (Å²) in [6.07, 6.45) is 106. The van der Waals surface area contributed by atoms with E-state index in [1.807, 2.05) is 21.1 Å². The number of rotatable bonds is 72. The summed E-state index contributed by atoms with van der Waals surface area (Å²) < 4.78 is 22.8. The monoisotopic (exact) mass is 1320 g/mol. The van der Waals surface area contributed by atoms with Crippen molar-refractivity contribution < 1.29 is 42.9 Å². The molecule has 9 heteroatoms. The third-order valence-electron chi connectivity index (χ3n) is 16.9. The predicted molar refractivity (Wildman–Crippen MR) is 407 cm³/mol. The molecule has 0 fully saturated rings. The highest BCUT2D eigenvalue weighted by atomic mass is 16.7. The molecule has 0 spiro atoms. The largest absolute Gasteiger partial charge is 0.545 e. The molecule has 544 valence electrons. The number of hydrogen-bond donors (Lipinski definition) is 0. The maximum absolute atomic E-state index is 13.0. The Bertz CT molecular complexity index is 2030. The average molecular weight is 1320 g/mol. The second-order valence-electron chi connectivity index (χ2n) is 27.2. The van der Waals surface area contributed by atoms with Crippen molar-refractivity contribution in [3.05, 3.63) is 134 Å². The number of quaternary nitrogens is 1. The molecule has 0 aromatic carbocycles. The van der Waals surface area contributed by atoms with E-state index >= 15 is 0 Å². The highest BCUT2D eigenvalue weighted by Gasteiger charge is 2.22. The fourth-order valence-corrected chi connectivity index (χ4v) is 11.0. The van der Waals surface area contributed by atoms with E-state index in [0.717, 1.165) is 116 Å². The number of likely N-dealkylation sites (N-methyl/N-ethyl adjacent to an activating group) is 1. The van der Waals surface area contributed by atoms with Gasteiger partial charge in [-0.05, 0) is 109 Å². The van der Waals surface area contributed by atoms with Crippen molar-refractivity contribution in [2.45, 2.75) is 347 Å². The molecule has 0 aliphatic carbocycles. The van der Waals surface area contributed by atoms with Crippen LogP contribution in [-0.4, -0.2) is 82.3 Å². The van der Waals surface area contributed by atoms with Crippen molar-refractivity contribution in [3.8, 4) is 0 Å². The zero-order valence-corrected chi connectivity index (χ0v) is 62.3. The molecule has 0 aliphatic heterocycles. The summed E-state index contributed by atoms with van der Waals surface area (Å²) in [4.78, 5) is 37.6. The summed E-state index contributed by atoms with van der Waals surface area (Å²) in [5.74, 6) is -2.28. The van der Waals surface area contributed by atoms with E-state index in [0.29, 0.717) is 17.4 Å². The van der Waals surface area contributed by atoms with Gasteiger partial charge in [-0.2, -0.15) is 0 Å². The Morgan fingerprint density at radius 1 is 0.316 bits per heavy atom. The van der Waals surface area contributed by atoms with Gasteiger partial charge >= 0.3 is 11.9 Å². The Kier molecular flexibility index (Phi) is 71.6. The minimum Gasteiger partial charge on any atom is -0.545 e. The van der Waals surface area contributed by atoms with Gasteiger partial charge in [-0.15, -0.1) is 0 Å². The molecule has 0 radical (unpaired) electrons. The lowest BCUT2D eigenvalue weighted by Crippen LogP contribution is -2.44. The van der Waals surface area contributed by atoms with Crippen molar-refractivity contribution in [2.24, 2.45) is 0 Å². The van der Waals surface area contributed by atoms with Crippen LogP contribution < -0.4 is 5.11 Å². The maximum atomic E-state index is 13.0. The van der Waals surface area contributed by atoms with Crippen molar-refractivity contribution in [2.75, 3.05) is 47.5 Å². The van der Waals surface area contributed by atoms with Gasteiger partial charge in [0.1, 0.15) is 13.2 Å². The molecule has 0 bridgehead atoms. The second kappa shape index (κ2) is 75.2. The first-order valence-electron chi connectivity index (χ1n) is 39.3. The summed E-state index contributed by atoms with van der Waals surface area (Å²) in [5.41, 5.74) is 0. The van der Waals surface area contributed by atoms with Gasteiger partial charge < -0.3 is 33.3 Å². The second-order valence-corrected chi connectivity index (χ2v) is 27.2. The number of aliphatic carboxylic acids is 1. The molecule has 95 heavy (non-hydrogen) atoms. The lowest BCUT2D eigenvalue weighted by Gasteiger charge is -2.26. The standard InChI is InChI=1S/C86H147NO8/c1-6-8-10-12-14-16-18-20-22-24-26-28-30-32-34-36-38-39-40-41-42-43-44-45-47-48-50-52-54-56-58-60-62-64-66-68-70-72-74-76-83(88)93-80-82(81-94-86(85(90)91)92-79-78-87(3,4)5)95-84(89)77-75-73-71-69-67-65-63-61-59-57-55-53-51-49-46-37-35-33-31-29-27-25-23-21-19-17-15-13-11-9-7-2/h8-11,14-17,20-23,26-29,33,35,46,49,53,55,82,86H,6-7,12-13,18-19,24-25,30-32,34,36-45,47-48,50-52,54,56-81H2,1-5H3/b10-8-,11-9-,16-14-,17-15-,22-20-,23-21-,28-26-,29-27-,35-33-,49-46-,55-53-. The summed E-state index contributed by atoms with van der Waals surface area (Å²) in [7, 11) is 5.93. The number of carboxylic acid groups (broad SMARTS) is 1. The van der Waals surface area contributed by atoms with Crippen molar-refractivity contribution in [3.63, 3.8) is 0 Å². The van der Waals surface area contributed by atoms with Crippen LogP contribution in [0.2, 0.25) is 0 Å². The number of carboxylic acids is 1. The minimum absolute atomic E-state index is 0.142. The number of esters is 2. The van der Waals surface area contributed by atoms with E-state index in [2.05, 4.69) is 148 Å². The van der Waals surface area contributed by atoms with Gasteiger partial charge in [0, 0.05) is 12.8 Å². The molecule has 0 amide bonds. The highest BCUT2D eigenvalue weighted by molar-refractivity contribution is 5.70. The Balaban J connectivity index is 4.03. The van der Waals surface area contributed by atoms with Crippen LogP contribution in [0, 0.1) is 0 Å². The number of unbranched alkanes of at least 4 members (excludes halogenated alkanes) is 35. The van der Waals surface area contributed by atoms with E-state index in [1.165, 1.54) is 186 Å². The molecule has 0 rings (SSSR count). The molecule has 0 aliphatic rings. The molecule has 0 saturated carbocycles. The third-order valence-corrected chi connectivity index (χ3v) is 16.9. The van der Waals surface area contributed by atoms with E-state index in [9.17, 15) is 19.5 Å². The minimum atomic E-state index is -1.63. The molecule has 0 heterocycles. The van der Waals surface area contributed by atoms with Gasteiger partial charge in [-0.3, -0.25) is 9.59 Å². The van der Waals surface area contributed by atoms with E-state index in [1.54, 1.807) is 0 Å². The number of hydrogen-bond acceptors (Lipinski definition) is 8. The SMILES string of the molecule is CC/C=C\C/C=C\C/C=C\C/C=C\C/C=C\C/C=C\C/C=C\CCCCCCCCCCCC(=O)OC(COC(=O)CCCCCCCCCCCCCCCCCCCCCCCCCCCC/C=C\C/C=C\C/C=C\C/C=C\CC)COC(OCC[N+](C)(C)C)C(=O)[O-]. The van der Waals surface area contributed by atoms with Crippen LogP contribution in [0.4, 0.5) is 0 Å². The Hall–Kier alpha value is -4.57. The molecule has 2 atom stereocenters. The Morgan fingerprint density at radius 3 is 0.842 bits per heavy atom. The summed E-state index contributed by atoms with van der Waals surface area (Å²) >= 11 is 0. The van der Waals surface area contributed by atoms with Gasteiger partial charge in [0.15, 0.2) is 12.4 Å². The van der Waals surface area contributed by atoms with Crippen molar-refractivity contribution in [1.82, 2.24) is 0 Å². The Morgan fingerprint density at radius 2 is 0.568 bits per heavy atom. The number of carbonyl (C=O) groups excluding carboxylic acids is 3. The Labute approximate surface area is 586 Å². The summed E-state index contributed by atoms with van der Waals surface area (Å²) in [6, 6.07) is 0. The molecular formula is C86H147NO8. The van der Waals surface area contributed by atoms with Crippen LogP contribution in [0.15, 0.2) is 134 Å². The van der Waals surface area contributed by atoms with Crippen molar-refractivity contribution >= 4 is 17.9 Å². The summed E-state index contributed by atoms with van der Waals surface area (Å²) in [6.45, 7) is 4.54. The lowest BCUT2D eigenvalue weighted by atomic mass is 10.0. The molecule has 9 nitrogen and oxygen atoms in total. The van der Waals surface area contributed by atoms with Gasteiger partial charge in [0.2, 0.25) is 0 Å². The zero-order chi connectivity index (χ0) is 69.0. The van der Waals surface area contributed by atoms with Crippen LogP contribution >= 0.6 is 0 Å². The predicted octanol–water partition coefficient (Wildman–Crippen LogP) is 23.9. The van der Waals surface area contributed by atoms with E-state index in [-0.39, 0.29) is 38.6 Å². The zero-order valence-electron chi connectivity index (χ0n) is 62.3. The van der Waals surface area contributed by atoms with Crippen LogP contribution in [0.1, 0.15) is 335 Å². The molecule has 0 aromatic heterocycles. The first-order chi connectivity index (χ1) is 46.6. The number of carbonyl (C=O) groups is 3. The number of ether oxygens (including phenoxy) is 4. The van der Waals surface area contributed by atoms with Gasteiger partial charge in [-0.1, -0.05) is 347 Å². The fourth-order valence-electron chi connectivity index (χ4n) is 11.0. The topological polar surface area (TPSA) is 111 Å². The average Bonchev–Trinajstić information content (AvgIpc) is 3.24. The first kappa shape index (κ1) is 90.4. The fraction of sp³-hybridized carbons (Fsp3) is 0.709. The van der Waals surface area contributed by atoms with E-state index < -0.39 is 24.3 Å². The van der Waals surface area contributed by atoms with Crippen LogP contribution in [-0.2, 0) is 33.3 Å². The van der Waals surface area contributed by atoms with E-state index in [4.69, 9.17) is 18.9 Å². The molecular weight excluding hydrogens is 1170 g/mol. The molecule has 2 unspecified atom stereocenters. The highest BCUT2D eigenvalue weighted by Crippen LogP contribution is 2.18. The molecule has 0 saturated heterocycles. The molecule has 0 N–H and O–H groups in total. The van der Waals surface area contributed by atoms with Crippen LogP contribution in [0.5, 0.6) is 0 Å². The quantitative estimate of drug-likeness (QED) is 0.0195. The number of nitrogens with zero attached hydrogens (tertiary/aromatic N) is 1. The van der Waals surface area contributed by atoms with Gasteiger partial charge in [-0.25, -0.2) is 0 Å². The number of allylic oxidation sites excluding steroid dienone is 22. The van der Waals surface area contributed by atoms with Crippen LogP contribution in [0.3, 0.4) is 0 Å². The molecule has 0 aromatic rings. The normalized spacial score (nSPS) is 13.4. The van der Waals surface area contributed by atoms with Crippen LogP contribution in [0.25, 0.3) is 0 Å². The smallest absolute Gasteiger partial charge is 0.306 e. The maximum Gasteiger partial charge on any atom is 0.306 e.